The minimum Gasteiger partial charge on any atom is -0.372 e. The monoisotopic (exact) mass is 338 g/mol. The number of rotatable bonds is 7. The molecule has 0 spiro atoms. The highest BCUT2D eigenvalue weighted by molar-refractivity contribution is 5.60. The molecular formula is C18H22N6O. The molecule has 2 N–H and O–H groups in total. The van der Waals surface area contributed by atoms with Crippen LogP contribution < -0.4 is 15.5 Å². The molecule has 0 radical (unpaired) electrons. The second kappa shape index (κ2) is 7.65. The van der Waals surface area contributed by atoms with Crippen LogP contribution in [0.15, 0.2) is 47.1 Å². The molecule has 0 unspecified atom stereocenters. The van der Waals surface area contributed by atoms with Gasteiger partial charge in [-0.2, -0.15) is 4.98 Å². The lowest BCUT2D eigenvalue weighted by molar-refractivity contribution is 0.400. The molecule has 0 saturated heterocycles. The quantitative estimate of drug-likeness (QED) is 0.671. The second-order valence-electron chi connectivity index (χ2n) is 5.56. The summed E-state index contributed by atoms with van der Waals surface area (Å²) in [5.41, 5.74) is 2.14. The van der Waals surface area contributed by atoms with Gasteiger partial charge in [0.25, 0.3) is 0 Å². The van der Waals surface area contributed by atoms with E-state index < -0.39 is 0 Å². The number of hydrogen-bond donors (Lipinski definition) is 2. The van der Waals surface area contributed by atoms with Crippen LogP contribution in [0.2, 0.25) is 0 Å². The molecule has 2 aromatic heterocycles. The Labute approximate surface area is 147 Å². The third-order valence-corrected chi connectivity index (χ3v) is 3.79. The molecule has 3 rings (SSSR count). The Morgan fingerprint density at radius 1 is 1.00 bits per heavy atom. The molecule has 0 aliphatic carbocycles. The van der Waals surface area contributed by atoms with Crippen molar-refractivity contribution in [1.29, 1.82) is 0 Å². The number of aryl methyl sites for hydroxylation is 1. The molecule has 7 nitrogen and oxygen atoms in total. The Balaban J connectivity index is 1.69. The molecule has 0 fully saturated rings. The SMILES string of the molecule is CCN(CC)c1ccc(Nc2nccc(Nc3cc(C)on3)n2)cc1. The highest BCUT2D eigenvalue weighted by atomic mass is 16.5. The summed E-state index contributed by atoms with van der Waals surface area (Å²) in [6.07, 6.45) is 1.69. The minimum absolute atomic E-state index is 0.515. The van der Waals surface area contributed by atoms with Gasteiger partial charge in [-0.25, -0.2) is 4.98 Å². The summed E-state index contributed by atoms with van der Waals surface area (Å²) < 4.78 is 5.04. The minimum atomic E-state index is 0.515. The van der Waals surface area contributed by atoms with E-state index in [1.165, 1.54) is 5.69 Å². The van der Waals surface area contributed by atoms with E-state index in [0.717, 1.165) is 24.5 Å². The lowest BCUT2D eigenvalue weighted by atomic mass is 10.2. The molecule has 130 valence electrons. The van der Waals surface area contributed by atoms with Gasteiger partial charge in [-0.3, -0.25) is 0 Å². The van der Waals surface area contributed by atoms with Crippen LogP contribution in [0, 0.1) is 6.92 Å². The van der Waals surface area contributed by atoms with Gasteiger partial charge < -0.3 is 20.1 Å². The summed E-state index contributed by atoms with van der Waals surface area (Å²) in [5, 5.41) is 10.2. The molecule has 3 aromatic rings. The Morgan fingerprint density at radius 3 is 2.40 bits per heavy atom. The first-order valence-corrected chi connectivity index (χ1v) is 8.33. The largest absolute Gasteiger partial charge is 0.372 e. The van der Waals surface area contributed by atoms with E-state index in [1.54, 1.807) is 18.3 Å². The molecule has 25 heavy (non-hydrogen) atoms. The zero-order valence-corrected chi connectivity index (χ0v) is 14.7. The molecule has 2 heterocycles. The highest BCUT2D eigenvalue weighted by Crippen LogP contribution is 2.21. The second-order valence-corrected chi connectivity index (χ2v) is 5.56. The summed E-state index contributed by atoms with van der Waals surface area (Å²) in [6.45, 7) is 8.12. The average Bonchev–Trinajstić information content (AvgIpc) is 3.02. The molecule has 0 atom stereocenters. The lowest BCUT2D eigenvalue weighted by Crippen LogP contribution is -2.21. The first-order chi connectivity index (χ1) is 12.2. The van der Waals surface area contributed by atoms with Crippen LogP contribution in [0.25, 0.3) is 0 Å². The molecule has 0 amide bonds. The van der Waals surface area contributed by atoms with E-state index >= 15 is 0 Å². The molecule has 0 bridgehead atoms. The number of anilines is 5. The molecule has 0 aliphatic rings. The molecule has 1 aromatic carbocycles. The smallest absolute Gasteiger partial charge is 0.229 e. The van der Waals surface area contributed by atoms with Gasteiger partial charge in [0.05, 0.1) is 0 Å². The highest BCUT2D eigenvalue weighted by Gasteiger charge is 2.05. The third kappa shape index (κ3) is 4.26. The number of nitrogens with zero attached hydrogens (tertiary/aromatic N) is 4. The van der Waals surface area contributed by atoms with Gasteiger partial charge in [-0.1, -0.05) is 5.16 Å². The van der Waals surface area contributed by atoms with Gasteiger partial charge in [0.15, 0.2) is 5.82 Å². The third-order valence-electron chi connectivity index (χ3n) is 3.79. The molecule has 7 heteroatoms. The number of hydrogen-bond acceptors (Lipinski definition) is 7. The average molecular weight is 338 g/mol. The Hall–Kier alpha value is -3.09. The Bertz CT molecular complexity index is 810. The van der Waals surface area contributed by atoms with Crippen LogP contribution in [-0.4, -0.2) is 28.2 Å². The summed E-state index contributed by atoms with van der Waals surface area (Å²) >= 11 is 0. The van der Waals surface area contributed by atoms with Crippen molar-refractivity contribution >= 4 is 29.0 Å². The lowest BCUT2D eigenvalue weighted by Gasteiger charge is -2.21. The van der Waals surface area contributed by atoms with Crippen molar-refractivity contribution in [2.45, 2.75) is 20.8 Å². The van der Waals surface area contributed by atoms with Crippen molar-refractivity contribution in [3.8, 4) is 0 Å². The standard InChI is InChI=1S/C18H22N6O/c1-4-24(5-2)15-8-6-14(7-9-15)20-18-19-11-10-16(22-18)21-17-12-13(3)25-23-17/h6-12H,4-5H2,1-3H3,(H2,19,20,21,22,23). The molecule has 0 saturated carbocycles. The molecular weight excluding hydrogens is 316 g/mol. The van der Waals surface area contributed by atoms with Gasteiger partial charge >= 0.3 is 0 Å². The van der Waals surface area contributed by atoms with Crippen molar-refractivity contribution in [1.82, 2.24) is 15.1 Å². The van der Waals surface area contributed by atoms with Crippen LogP contribution >= 0.6 is 0 Å². The summed E-state index contributed by atoms with van der Waals surface area (Å²) in [5.74, 6) is 2.51. The van der Waals surface area contributed by atoms with Gasteiger partial charge in [-0.05, 0) is 51.1 Å². The van der Waals surface area contributed by atoms with Gasteiger partial charge in [0, 0.05) is 36.7 Å². The van der Waals surface area contributed by atoms with Crippen LogP contribution in [-0.2, 0) is 0 Å². The zero-order valence-electron chi connectivity index (χ0n) is 14.7. The number of nitrogens with one attached hydrogen (secondary N) is 2. The zero-order chi connectivity index (χ0) is 17.6. The van der Waals surface area contributed by atoms with Crippen molar-refractivity contribution < 1.29 is 4.52 Å². The van der Waals surface area contributed by atoms with Crippen molar-refractivity contribution in [3.05, 3.63) is 48.4 Å². The summed E-state index contributed by atoms with van der Waals surface area (Å²) in [4.78, 5) is 11.0. The van der Waals surface area contributed by atoms with E-state index in [9.17, 15) is 0 Å². The summed E-state index contributed by atoms with van der Waals surface area (Å²) in [6, 6.07) is 11.8. The first-order valence-electron chi connectivity index (χ1n) is 8.33. The fourth-order valence-corrected chi connectivity index (χ4v) is 2.52. The van der Waals surface area contributed by atoms with Crippen molar-refractivity contribution in [3.63, 3.8) is 0 Å². The molecule has 0 aliphatic heterocycles. The maximum atomic E-state index is 5.04. The van der Waals surface area contributed by atoms with E-state index in [1.807, 2.05) is 19.1 Å². The first kappa shape index (κ1) is 16.8. The maximum absolute atomic E-state index is 5.04. The van der Waals surface area contributed by atoms with E-state index in [4.69, 9.17) is 4.52 Å². The van der Waals surface area contributed by atoms with E-state index in [0.29, 0.717) is 17.6 Å². The summed E-state index contributed by atoms with van der Waals surface area (Å²) in [7, 11) is 0. The van der Waals surface area contributed by atoms with E-state index in [2.05, 4.69) is 56.6 Å². The topological polar surface area (TPSA) is 79.1 Å². The van der Waals surface area contributed by atoms with Crippen LogP contribution in [0.4, 0.5) is 29.0 Å². The normalized spacial score (nSPS) is 10.5. The maximum Gasteiger partial charge on any atom is 0.229 e. The van der Waals surface area contributed by atoms with E-state index in [-0.39, 0.29) is 0 Å². The number of aromatic nitrogens is 3. The Kier molecular flexibility index (Phi) is 5.13. The van der Waals surface area contributed by atoms with Crippen molar-refractivity contribution in [2.75, 3.05) is 28.6 Å². The fourth-order valence-electron chi connectivity index (χ4n) is 2.52. The van der Waals surface area contributed by atoms with Crippen molar-refractivity contribution in [2.24, 2.45) is 0 Å². The van der Waals surface area contributed by atoms with Gasteiger partial charge in [0.1, 0.15) is 11.6 Å². The van der Waals surface area contributed by atoms with Crippen LogP contribution in [0.5, 0.6) is 0 Å². The van der Waals surface area contributed by atoms with Gasteiger partial charge in [-0.15, -0.1) is 0 Å². The predicted octanol–water partition coefficient (Wildman–Crippen LogP) is 4.11. The fraction of sp³-hybridized carbons (Fsp3) is 0.278. The van der Waals surface area contributed by atoms with Crippen LogP contribution in [0.3, 0.4) is 0 Å². The predicted molar refractivity (Wildman–Crippen MR) is 99.8 cm³/mol. The van der Waals surface area contributed by atoms with Gasteiger partial charge in [0.2, 0.25) is 5.95 Å². The van der Waals surface area contributed by atoms with Crippen LogP contribution in [0.1, 0.15) is 19.6 Å². The Morgan fingerprint density at radius 2 is 1.76 bits per heavy atom. The number of benzene rings is 1.